The predicted octanol–water partition coefficient (Wildman–Crippen LogP) is 1.14. The second kappa shape index (κ2) is 21.0. The van der Waals surface area contributed by atoms with Gasteiger partial charge in [0.2, 0.25) is 0 Å². The molecule has 39 heavy (non-hydrogen) atoms. The van der Waals surface area contributed by atoms with E-state index in [0.29, 0.717) is 0 Å². The van der Waals surface area contributed by atoms with Crippen LogP contribution in [-0.2, 0) is 49.0 Å². The second-order valence-corrected chi connectivity index (χ2v) is 9.47. The Morgan fingerprint density at radius 3 is 1.41 bits per heavy atom. The van der Waals surface area contributed by atoms with Crippen molar-refractivity contribution in [3.8, 4) is 0 Å². The number of aromatic nitrogens is 1. The van der Waals surface area contributed by atoms with Crippen molar-refractivity contribution in [2.75, 3.05) is 36.8 Å². The molecule has 7 heteroatoms. The molecule has 1 radical (unpaired) electrons. The molecule has 0 spiro atoms. The number of anilines is 2. The predicted molar refractivity (Wildman–Crippen MR) is 156 cm³/mol. The van der Waals surface area contributed by atoms with Crippen molar-refractivity contribution in [1.29, 1.82) is 0 Å². The van der Waals surface area contributed by atoms with Gasteiger partial charge in [0.15, 0.2) is 0 Å². The van der Waals surface area contributed by atoms with Crippen molar-refractivity contribution >= 4 is 11.4 Å². The van der Waals surface area contributed by atoms with Crippen LogP contribution in [0, 0.1) is 0 Å². The standard InChI is InChI=1S/C32H46N4.2ClH.Co/c1-5-26-15-11-16-27(6-2)31(26)34-21-13-23-36(25-30-19-9-10-20-33-30)24-14-22-35-32-28(7-3)17-12-18-29(32)8-4;;;/h9-12,15-20,34-35H,5-8,13-14,21-25H2,1-4H3;2*1H;/q;;;+2/p-2. The molecule has 3 rings (SSSR count). The number of aryl methyl sites for hydroxylation is 4. The van der Waals surface area contributed by atoms with Crippen LogP contribution in [0.3, 0.4) is 0 Å². The third kappa shape index (κ3) is 11.7. The Morgan fingerprint density at radius 1 is 0.615 bits per heavy atom. The fourth-order valence-corrected chi connectivity index (χ4v) is 4.96. The van der Waals surface area contributed by atoms with Gasteiger partial charge in [-0.2, -0.15) is 0 Å². The fraction of sp³-hybridized carbons (Fsp3) is 0.469. The molecule has 0 amide bonds. The van der Waals surface area contributed by atoms with E-state index in [1.807, 2.05) is 12.3 Å². The van der Waals surface area contributed by atoms with Gasteiger partial charge >= 0.3 is 16.8 Å². The van der Waals surface area contributed by atoms with Crippen molar-refractivity contribution in [2.45, 2.75) is 72.8 Å². The smallest absolute Gasteiger partial charge is 1.00 e. The second-order valence-electron chi connectivity index (χ2n) is 9.47. The van der Waals surface area contributed by atoms with Crippen molar-refractivity contribution in [2.24, 2.45) is 0 Å². The average Bonchev–Trinajstić information content (AvgIpc) is 2.93. The number of benzene rings is 2. The summed E-state index contributed by atoms with van der Waals surface area (Å²) >= 11 is 0. The quantitative estimate of drug-likeness (QED) is 0.237. The Bertz CT molecular complexity index is 942. The maximum Gasteiger partial charge on any atom is 2.00 e. The van der Waals surface area contributed by atoms with Crippen LogP contribution in [0.5, 0.6) is 0 Å². The molecule has 0 atom stereocenters. The molecule has 3 aromatic rings. The maximum atomic E-state index is 4.59. The van der Waals surface area contributed by atoms with Crippen LogP contribution in [0.2, 0.25) is 0 Å². The minimum Gasteiger partial charge on any atom is -1.00 e. The topological polar surface area (TPSA) is 40.2 Å². The van der Waals surface area contributed by atoms with E-state index < -0.39 is 0 Å². The van der Waals surface area contributed by atoms with Crippen LogP contribution < -0.4 is 35.4 Å². The number of para-hydroxylation sites is 2. The molecule has 4 nitrogen and oxygen atoms in total. The first kappa shape index (κ1) is 37.2. The van der Waals surface area contributed by atoms with Gasteiger partial charge in [0.25, 0.3) is 0 Å². The van der Waals surface area contributed by atoms with Gasteiger partial charge in [0.05, 0.1) is 5.69 Å². The molecule has 2 N–H and O–H groups in total. The molecule has 0 saturated heterocycles. The Labute approximate surface area is 260 Å². The minimum atomic E-state index is 0. The van der Waals surface area contributed by atoms with E-state index in [4.69, 9.17) is 0 Å². The first-order valence-electron chi connectivity index (χ1n) is 14.0. The summed E-state index contributed by atoms with van der Waals surface area (Å²) in [5.41, 5.74) is 9.53. The SMILES string of the molecule is CCc1cccc(CC)c1NCCCN(CCCNc1c(CC)cccc1CC)Cc1ccccn1.[Cl-].[Cl-].[Co+2]. The van der Waals surface area contributed by atoms with E-state index in [1.54, 1.807) is 0 Å². The molecule has 0 aliphatic carbocycles. The van der Waals surface area contributed by atoms with Gasteiger partial charge in [-0.1, -0.05) is 70.2 Å². The van der Waals surface area contributed by atoms with Gasteiger partial charge in [-0.25, -0.2) is 0 Å². The normalized spacial score (nSPS) is 10.3. The van der Waals surface area contributed by atoms with Crippen molar-refractivity contribution < 1.29 is 41.6 Å². The number of hydrogen-bond donors (Lipinski definition) is 2. The van der Waals surface area contributed by atoms with E-state index in [-0.39, 0.29) is 41.6 Å². The van der Waals surface area contributed by atoms with Gasteiger partial charge in [0.1, 0.15) is 0 Å². The van der Waals surface area contributed by atoms with E-state index in [1.165, 1.54) is 33.6 Å². The zero-order valence-corrected chi connectivity index (χ0v) is 26.6. The largest absolute Gasteiger partial charge is 2.00 e. The van der Waals surface area contributed by atoms with Crippen molar-refractivity contribution in [1.82, 2.24) is 9.88 Å². The Morgan fingerprint density at radius 2 is 1.05 bits per heavy atom. The first-order chi connectivity index (χ1) is 17.7. The van der Waals surface area contributed by atoms with E-state index in [0.717, 1.165) is 76.9 Å². The first-order valence-corrected chi connectivity index (χ1v) is 14.0. The number of hydrogen-bond acceptors (Lipinski definition) is 4. The summed E-state index contributed by atoms with van der Waals surface area (Å²) in [5.74, 6) is 0. The van der Waals surface area contributed by atoms with Crippen molar-refractivity contribution in [3.63, 3.8) is 0 Å². The number of rotatable bonds is 16. The molecule has 1 heterocycles. The molecular weight excluding hydrogens is 570 g/mol. The summed E-state index contributed by atoms with van der Waals surface area (Å²) in [4.78, 5) is 7.15. The summed E-state index contributed by atoms with van der Waals surface area (Å²) in [6.45, 7) is 14.0. The van der Waals surface area contributed by atoms with Crippen molar-refractivity contribution in [3.05, 3.63) is 88.7 Å². The van der Waals surface area contributed by atoms with Gasteiger partial charge in [-0.05, 0) is 72.9 Å². The van der Waals surface area contributed by atoms with E-state index in [9.17, 15) is 0 Å². The van der Waals surface area contributed by atoms with Gasteiger partial charge in [-0.3, -0.25) is 9.88 Å². The Balaban J connectivity index is 0.00000481. The molecule has 1 aromatic heterocycles. The number of halogens is 2. The van der Waals surface area contributed by atoms with Crippen LogP contribution in [0.4, 0.5) is 11.4 Å². The third-order valence-corrected chi connectivity index (χ3v) is 7.02. The summed E-state index contributed by atoms with van der Waals surface area (Å²) in [5, 5.41) is 7.52. The van der Waals surface area contributed by atoms with Crippen LogP contribution in [0.25, 0.3) is 0 Å². The van der Waals surface area contributed by atoms with Crippen LogP contribution in [0.1, 0.15) is 68.5 Å². The molecule has 217 valence electrons. The maximum absolute atomic E-state index is 4.59. The van der Waals surface area contributed by atoms with E-state index in [2.05, 4.69) is 96.7 Å². The zero-order valence-electron chi connectivity index (χ0n) is 24.0. The summed E-state index contributed by atoms with van der Waals surface area (Å²) in [6.07, 6.45) is 8.39. The summed E-state index contributed by atoms with van der Waals surface area (Å²) in [6, 6.07) is 19.6. The zero-order chi connectivity index (χ0) is 25.6. The van der Waals surface area contributed by atoms with E-state index >= 15 is 0 Å². The van der Waals surface area contributed by atoms with Gasteiger partial charge < -0.3 is 35.4 Å². The number of nitrogens with zero attached hydrogens (tertiary/aromatic N) is 2. The van der Waals surface area contributed by atoms with Gasteiger partial charge in [-0.15, -0.1) is 0 Å². The molecular formula is C32H46Cl2CoN4. The number of pyridine rings is 1. The molecule has 0 aliphatic rings. The molecule has 0 fully saturated rings. The van der Waals surface area contributed by atoms with Crippen LogP contribution in [0.15, 0.2) is 60.8 Å². The van der Waals surface area contributed by atoms with Gasteiger partial charge in [0, 0.05) is 50.3 Å². The van der Waals surface area contributed by atoms with Crippen LogP contribution in [-0.4, -0.2) is 36.1 Å². The monoisotopic (exact) mass is 615 g/mol. The molecule has 2 aromatic carbocycles. The molecule has 0 aliphatic heterocycles. The average molecular weight is 617 g/mol. The summed E-state index contributed by atoms with van der Waals surface area (Å²) in [7, 11) is 0. The summed E-state index contributed by atoms with van der Waals surface area (Å²) < 4.78 is 0. The third-order valence-electron chi connectivity index (χ3n) is 7.02. The fourth-order valence-electron chi connectivity index (χ4n) is 4.96. The van der Waals surface area contributed by atoms with Crippen LogP contribution >= 0.6 is 0 Å². The Hall–Kier alpha value is -1.76. The molecule has 0 bridgehead atoms. The Kier molecular flexibility index (Phi) is 20.1. The molecule has 0 saturated carbocycles. The minimum absolute atomic E-state index is 0. The number of nitrogens with one attached hydrogen (secondary N) is 2. The molecule has 0 unspecified atom stereocenters.